The highest BCUT2D eigenvalue weighted by atomic mass is 35.5. The van der Waals surface area contributed by atoms with Crippen LogP contribution in [0.3, 0.4) is 0 Å². The summed E-state index contributed by atoms with van der Waals surface area (Å²) in [6, 6.07) is 10.0. The first-order valence-corrected chi connectivity index (χ1v) is 9.02. The third-order valence-electron chi connectivity index (χ3n) is 3.79. The van der Waals surface area contributed by atoms with Crippen LogP contribution in [-0.4, -0.2) is 31.7 Å². The third kappa shape index (κ3) is 3.02. The van der Waals surface area contributed by atoms with Gasteiger partial charge in [-0.2, -0.15) is 4.31 Å². The van der Waals surface area contributed by atoms with Crippen LogP contribution in [0.2, 0.25) is 5.02 Å². The zero-order valence-corrected chi connectivity index (χ0v) is 14.0. The zero-order valence-electron chi connectivity index (χ0n) is 12.4. The molecule has 0 saturated carbocycles. The van der Waals surface area contributed by atoms with Gasteiger partial charge < -0.3 is 5.32 Å². The summed E-state index contributed by atoms with van der Waals surface area (Å²) in [5.41, 5.74) is 0.405. The summed E-state index contributed by atoms with van der Waals surface area (Å²) in [7, 11) is -3.98. The number of nitrogens with zero attached hydrogens (tertiary/aromatic N) is 1. The van der Waals surface area contributed by atoms with Gasteiger partial charge in [0.1, 0.15) is 11.9 Å². The first kappa shape index (κ1) is 16.9. The number of piperazine rings is 1. The summed E-state index contributed by atoms with van der Waals surface area (Å²) in [4.78, 5) is 12.3. The van der Waals surface area contributed by atoms with Crippen molar-refractivity contribution in [1.82, 2.24) is 9.62 Å². The lowest BCUT2D eigenvalue weighted by molar-refractivity contribution is -0.126. The molecule has 1 atom stereocenters. The van der Waals surface area contributed by atoms with Gasteiger partial charge >= 0.3 is 0 Å². The molecule has 24 heavy (non-hydrogen) atoms. The molecular formula is C16H14ClFN2O3S. The number of rotatable bonds is 3. The van der Waals surface area contributed by atoms with E-state index in [0.29, 0.717) is 10.6 Å². The lowest BCUT2D eigenvalue weighted by atomic mass is 10.0. The van der Waals surface area contributed by atoms with Gasteiger partial charge in [-0.1, -0.05) is 29.8 Å². The summed E-state index contributed by atoms with van der Waals surface area (Å²) in [5, 5.41) is 2.96. The lowest BCUT2D eigenvalue weighted by Gasteiger charge is -2.34. The van der Waals surface area contributed by atoms with Gasteiger partial charge in [-0.15, -0.1) is 0 Å². The molecule has 126 valence electrons. The van der Waals surface area contributed by atoms with E-state index in [-0.39, 0.29) is 18.0 Å². The fourth-order valence-electron chi connectivity index (χ4n) is 2.64. The van der Waals surface area contributed by atoms with Crippen molar-refractivity contribution in [2.75, 3.05) is 13.1 Å². The fourth-order valence-corrected chi connectivity index (χ4v) is 4.45. The maximum atomic E-state index is 13.1. The Morgan fingerprint density at radius 3 is 2.46 bits per heavy atom. The number of carbonyl (C=O) groups excluding carboxylic acids is 1. The molecular weight excluding hydrogens is 355 g/mol. The van der Waals surface area contributed by atoms with Crippen LogP contribution in [0.1, 0.15) is 11.6 Å². The number of amides is 1. The van der Waals surface area contributed by atoms with Crippen molar-refractivity contribution in [3.63, 3.8) is 0 Å². The van der Waals surface area contributed by atoms with E-state index in [1.807, 2.05) is 0 Å². The van der Waals surface area contributed by atoms with Gasteiger partial charge in [0.15, 0.2) is 0 Å². The van der Waals surface area contributed by atoms with Crippen LogP contribution in [0.4, 0.5) is 4.39 Å². The maximum Gasteiger partial charge on any atom is 0.244 e. The van der Waals surface area contributed by atoms with E-state index in [4.69, 9.17) is 11.6 Å². The van der Waals surface area contributed by atoms with E-state index in [9.17, 15) is 17.6 Å². The molecule has 2 aromatic carbocycles. The quantitative estimate of drug-likeness (QED) is 0.904. The van der Waals surface area contributed by atoms with Crippen LogP contribution < -0.4 is 5.32 Å². The van der Waals surface area contributed by atoms with Crippen molar-refractivity contribution in [2.24, 2.45) is 0 Å². The number of nitrogens with one attached hydrogen (secondary N) is 1. The lowest BCUT2D eigenvalue weighted by Crippen LogP contribution is -2.52. The van der Waals surface area contributed by atoms with Crippen molar-refractivity contribution in [1.29, 1.82) is 0 Å². The Labute approximate surface area is 144 Å². The first-order chi connectivity index (χ1) is 11.4. The normalized spacial score (nSPS) is 19.1. The molecule has 1 N–H and O–H groups in total. The van der Waals surface area contributed by atoms with Crippen molar-refractivity contribution in [3.8, 4) is 0 Å². The minimum atomic E-state index is -3.98. The summed E-state index contributed by atoms with van der Waals surface area (Å²) in [5.74, 6) is -0.979. The monoisotopic (exact) mass is 368 g/mol. The van der Waals surface area contributed by atoms with Crippen LogP contribution >= 0.6 is 11.6 Å². The van der Waals surface area contributed by atoms with Gasteiger partial charge in [-0.05, 0) is 35.9 Å². The predicted molar refractivity (Wildman–Crippen MR) is 87.5 cm³/mol. The molecule has 1 fully saturated rings. The Morgan fingerprint density at radius 2 is 1.79 bits per heavy atom. The van der Waals surface area contributed by atoms with Gasteiger partial charge in [-0.25, -0.2) is 12.8 Å². The molecule has 1 amide bonds. The van der Waals surface area contributed by atoms with Gasteiger partial charge in [-0.3, -0.25) is 4.79 Å². The highest BCUT2D eigenvalue weighted by Crippen LogP contribution is 2.33. The van der Waals surface area contributed by atoms with Crippen molar-refractivity contribution in [3.05, 3.63) is 64.9 Å². The molecule has 0 bridgehead atoms. The topological polar surface area (TPSA) is 66.5 Å². The molecule has 2 aromatic rings. The Balaban J connectivity index is 2.08. The van der Waals surface area contributed by atoms with E-state index in [1.165, 1.54) is 12.1 Å². The number of hydrogen-bond acceptors (Lipinski definition) is 3. The first-order valence-electron chi connectivity index (χ1n) is 7.21. The molecule has 0 aromatic heterocycles. The van der Waals surface area contributed by atoms with Crippen LogP contribution in [-0.2, 0) is 14.8 Å². The SMILES string of the molecule is O=C1NCCN(S(=O)(=O)c2ccc(F)cc2)C1c1ccccc1Cl. The van der Waals surface area contributed by atoms with Crippen molar-refractivity contribution < 1.29 is 17.6 Å². The minimum Gasteiger partial charge on any atom is -0.353 e. The Hall–Kier alpha value is -1.96. The van der Waals surface area contributed by atoms with Crippen molar-refractivity contribution in [2.45, 2.75) is 10.9 Å². The molecule has 1 aliphatic heterocycles. The summed E-state index contributed by atoms with van der Waals surface area (Å²) < 4.78 is 40.0. The molecule has 0 radical (unpaired) electrons. The Kier molecular flexibility index (Phi) is 4.58. The van der Waals surface area contributed by atoms with Crippen molar-refractivity contribution >= 4 is 27.5 Å². The van der Waals surface area contributed by atoms with Crippen LogP contribution in [0.5, 0.6) is 0 Å². The number of halogens is 2. The van der Waals surface area contributed by atoms with Gasteiger partial charge in [0.05, 0.1) is 4.90 Å². The second-order valence-electron chi connectivity index (χ2n) is 5.28. The van der Waals surface area contributed by atoms with E-state index in [1.54, 1.807) is 24.3 Å². The molecule has 5 nitrogen and oxygen atoms in total. The minimum absolute atomic E-state index is 0.0735. The highest BCUT2D eigenvalue weighted by Gasteiger charge is 2.40. The van der Waals surface area contributed by atoms with E-state index in [0.717, 1.165) is 16.4 Å². The second kappa shape index (κ2) is 6.51. The van der Waals surface area contributed by atoms with E-state index in [2.05, 4.69) is 5.32 Å². The van der Waals surface area contributed by atoms with Gasteiger partial charge in [0.25, 0.3) is 0 Å². The summed E-state index contributed by atoms with van der Waals surface area (Å²) in [6.07, 6.45) is 0. The summed E-state index contributed by atoms with van der Waals surface area (Å²) >= 11 is 6.15. The number of hydrogen-bond donors (Lipinski definition) is 1. The Morgan fingerprint density at radius 1 is 1.12 bits per heavy atom. The number of carbonyl (C=O) groups is 1. The molecule has 1 saturated heterocycles. The second-order valence-corrected chi connectivity index (χ2v) is 7.58. The standard InChI is InChI=1S/C16H14ClFN2O3S/c17-14-4-2-1-3-13(14)15-16(21)19-9-10-20(15)24(22,23)12-7-5-11(18)6-8-12/h1-8,15H,9-10H2,(H,19,21). The maximum absolute atomic E-state index is 13.1. The number of sulfonamides is 1. The molecule has 1 aliphatic rings. The van der Waals surface area contributed by atoms with Crippen LogP contribution in [0, 0.1) is 5.82 Å². The molecule has 3 rings (SSSR count). The van der Waals surface area contributed by atoms with Crippen LogP contribution in [0.25, 0.3) is 0 Å². The average molecular weight is 369 g/mol. The largest absolute Gasteiger partial charge is 0.353 e. The fraction of sp³-hybridized carbons (Fsp3) is 0.188. The molecule has 8 heteroatoms. The Bertz CT molecular complexity index is 871. The molecule has 1 unspecified atom stereocenters. The zero-order chi connectivity index (χ0) is 17.3. The van der Waals surface area contributed by atoms with E-state index < -0.39 is 27.8 Å². The molecule has 0 aliphatic carbocycles. The molecule has 1 heterocycles. The van der Waals surface area contributed by atoms with Crippen LogP contribution in [0.15, 0.2) is 53.4 Å². The summed E-state index contributed by atoms with van der Waals surface area (Å²) in [6.45, 7) is 0.293. The third-order valence-corrected chi connectivity index (χ3v) is 6.01. The number of benzene rings is 2. The van der Waals surface area contributed by atoms with E-state index >= 15 is 0 Å². The molecule has 0 spiro atoms. The highest BCUT2D eigenvalue weighted by molar-refractivity contribution is 7.89. The smallest absolute Gasteiger partial charge is 0.244 e. The van der Waals surface area contributed by atoms with Gasteiger partial charge in [0, 0.05) is 18.1 Å². The average Bonchev–Trinajstić information content (AvgIpc) is 2.56. The predicted octanol–water partition coefficient (Wildman–Crippen LogP) is 2.34. The van der Waals surface area contributed by atoms with Gasteiger partial charge in [0.2, 0.25) is 15.9 Å².